The van der Waals surface area contributed by atoms with Gasteiger partial charge >= 0.3 is 0 Å². The van der Waals surface area contributed by atoms with Gasteiger partial charge in [-0.25, -0.2) is 0 Å². The maximum atomic E-state index is 9.90. The minimum Gasteiger partial charge on any atom is -0.363 e. The highest BCUT2D eigenvalue weighted by Gasteiger charge is 2.41. The van der Waals surface area contributed by atoms with Gasteiger partial charge < -0.3 is 18.9 Å². The largest absolute Gasteiger partial charge is 0.363 e. The second kappa shape index (κ2) is 44.6. The van der Waals surface area contributed by atoms with Crippen molar-refractivity contribution in [1.29, 1.82) is 0 Å². The predicted octanol–water partition coefficient (Wildman–Crippen LogP) is 10.7. The Hall–Kier alpha value is -2.86. The van der Waals surface area contributed by atoms with Crippen LogP contribution in [0.15, 0.2) is 97.6 Å². The van der Waals surface area contributed by atoms with Crippen LogP contribution < -0.4 is 0 Å². The first-order valence-corrected chi connectivity index (χ1v) is 28.2. The third-order valence-corrected chi connectivity index (χ3v) is 9.96. The number of benzene rings is 3. The van der Waals surface area contributed by atoms with Crippen LogP contribution in [0.2, 0.25) is 0 Å². The first kappa shape index (κ1) is 72.1. The molecule has 0 heterocycles. The average molecular weight is 1020 g/mol. The van der Waals surface area contributed by atoms with Crippen LogP contribution in [0.1, 0.15) is 108 Å². The van der Waals surface area contributed by atoms with E-state index in [0.29, 0.717) is 19.8 Å². The third kappa shape index (κ3) is 50.6. The van der Waals surface area contributed by atoms with Crippen molar-refractivity contribution in [2.45, 2.75) is 108 Å². The molecule has 0 atom stereocenters. The third-order valence-electron chi connectivity index (χ3n) is 8.10. The maximum Gasteiger partial charge on any atom is 0.289 e. The lowest BCUT2D eigenvalue weighted by molar-refractivity contribution is 0.0198. The highest BCUT2D eigenvalue weighted by molar-refractivity contribution is 7.86. The van der Waals surface area contributed by atoms with Crippen LogP contribution in [0.5, 0.6) is 0 Å². The van der Waals surface area contributed by atoms with Crippen molar-refractivity contribution >= 4 is 51.2 Å². The molecule has 0 amide bonds. The summed E-state index contributed by atoms with van der Waals surface area (Å²) >= 11 is 0. The van der Waals surface area contributed by atoms with Crippen molar-refractivity contribution in [2.24, 2.45) is 23.7 Å². The molecule has 3 aromatic rings. The van der Waals surface area contributed by atoms with Gasteiger partial charge in [0.1, 0.15) is 0 Å². The molecule has 0 aliphatic heterocycles. The Kier molecular flexibility index (Phi) is 48.8. The molecule has 16 nitrogen and oxygen atoms in total. The summed E-state index contributed by atoms with van der Waals surface area (Å²) < 4.78 is 128. The SMILES string of the molecule is C.C1C2CC3CC1CC(C2)C3.C=CCOCS(=O)(=O)O.CC.CC.CC.CCOCS(=O)(=O)O.CCOCS(=O)(=O)O.CCOCS(=O)(=O)O.c1ccc2ccccc2c1.c1ccccc1. The van der Waals surface area contributed by atoms with Gasteiger partial charge in [-0.05, 0) is 93.7 Å². The summed E-state index contributed by atoms with van der Waals surface area (Å²) in [5.74, 6) is 2.22. The fraction of sp³-hybridized carbons (Fsp3) is 0.609. The minimum atomic E-state index is -3.97. The van der Waals surface area contributed by atoms with E-state index in [2.05, 4.69) is 74.1 Å². The Morgan fingerprint density at radius 1 is 0.439 bits per heavy atom. The van der Waals surface area contributed by atoms with Crippen LogP contribution in [0.4, 0.5) is 0 Å². The van der Waals surface area contributed by atoms with Crippen LogP contribution in [-0.4, -0.2) is 102 Å². The molecule has 4 aliphatic carbocycles. The predicted molar refractivity (Wildman–Crippen MR) is 270 cm³/mol. The van der Waals surface area contributed by atoms with Crippen molar-refractivity contribution in [2.75, 3.05) is 50.2 Å². The van der Waals surface area contributed by atoms with Crippen LogP contribution in [0.25, 0.3) is 10.8 Å². The second-order valence-electron chi connectivity index (χ2n) is 13.3. The number of fused-ring (bicyclic) bond motifs is 1. The van der Waals surface area contributed by atoms with Crippen molar-refractivity contribution in [1.82, 2.24) is 0 Å². The first-order chi connectivity index (χ1) is 30.6. The number of hydrogen-bond donors (Lipinski definition) is 4. The monoisotopic (exact) mass is 1020 g/mol. The molecular weight excluding hydrogens is 937 g/mol. The lowest BCUT2D eigenvalue weighted by Gasteiger charge is -2.49. The van der Waals surface area contributed by atoms with Gasteiger partial charge in [0.05, 0.1) is 6.61 Å². The van der Waals surface area contributed by atoms with Gasteiger partial charge in [-0.1, -0.05) is 140 Å². The Bertz CT molecular complexity index is 1740. The van der Waals surface area contributed by atoms with Crippen molar-refractivity contribution in [3.63, 3.8) is 0 Å². The van der Waals surface area contributed by atoms with Gasteiger partial charge in [-0.2, -0.15) is 33.7 Å². The Morgan fingerprint density at radius 2 is 0.636 bits per heavy atom. The summed E-state index contributed by atoms with van der Waals surface area (Å²) in [6, 6.07) is 28.7. The fourth-order valence-corrected chi connectivity index (χ4v) is 7.74. The molecule has 0 saturated heterocycles. The average Bonchev–Trinajstić information content (AvgIpc) is 3.27. The number of ether oxygens (including phenoxy) is 4. The van der Waals surface area contributed by atoms with Crippen molar-refractivity contribution < 1.29 is 70.8 Å². The molecule has 4 bridgehead atoms. The molecule has 0 unspecified atom stereocenters. The molecule has 388 valence electrons. The lowest BCUT2D eigenvalue weighted by atomic mass is 9.56. The summed E-state index contributed by atoms with van der Waals surface area (Å²) in [6.07, 6.45) is 11.0. The Morgan fingerprint density at radius 3 is 0.788 bits per heavy atom. The van der Waals surface area contributed by atoms with E-state index in [-0.39, 0.29) is 14.0 Å². The molecule has 4 aliphatic rings. The van der Waals surface area contributed by atoms with E-state index < -0.39 is 64.2 Å². The quantitative estimate of drug-likeness (QED) is 0.0705. The molecule has 4 N–H and O–H groups in total. The summed E-state index contributed by atoms with van der Waals surface area (Å²) in [5.41, 5.74) is 0. The van der Waals surface area contributed by atoms with E-state index in [4.69, 9.17) is 18.2 Å². The highest BCUT2D eigenvalue weighted by Crippen LogP contribution is 2.53. The zero-order chi connectivity index (χ0) is 50.8. The van der Waals surface area contributed by atoms with Gasteiger partial charge in [0, 0.05) is 19.8 Å². The van der Waals surface area contributed by atoms with Gasteiger partial charge in [0.15, 0.2) is 23.8 Å². The molecule has 4 fully saturated rings. The summed E-state index contributed by atoms with van der Waals surface area (Å²) in [5, 5.41) is 2.62. The summed E-state index contributed by atoms with van der Waals surface area (Å²) in [6.45, 7) is 21.2. The van der Waals surface area contributed by atoms with Gasteiger partial charge in [-0.15, -0.1) is 6.58 Å². The summed E-state index contributed by atoms with van der Waals surface area (Å²) in [4.78, 5) is 0. The Balaban J connectivity index is -0.000000216. The Labute approximate surface area is 399 Å². The van der Waals surface area contributed by atoms with E-state index in [1.807, 2.05) is 77.9 Å². The van der Waals surface area contributed by atoms with Crippen LogP contribution in [-0.2, 0) is 59.4 Å². The molecule has 0 spiro atoms. The summed E-state index contributed by atoms with van der Waals surface area (Å²) in [7, 11) is -15.7. The minimum absolute atomic E-state index is 0. The zero-order valence-electron chi connectivity index (χ0n) is 39.9. The molecule has 4 saturated carbocycles. The molecule has 0 aromatic heterocycles. The molecule has 20 heteroatoms. The highest BCUT2D eigenvalue weighted by atomic mass is 32.2. The topological polar surface area (TPSA) is 254 Å². The van der Waals surface area contributed by atoms with E-state index in [1.54, 1.807) is 59.3 Å². The lowest BCUT2D eigenvalue weighted by Crippen LogP contribution is -2.38. The standard InChI is InChI=1S/C10H16.C10H8.C6H6.C4H8O4S.3C3H8O4S.3C2H6.CH4/c1-7-2-9-4-8(1)5-10(3-7)6-9;1-2-6-10-8-4-3-7-9(10)5-1;1-2-4-6-5-3-1;1-2-3-8-4-9(5,6)7;3*1-2-7-3-8(4,5)6;3*1-2;/h7-10H,1-6H2;1-8H;1-6H;2H,1,3-4H2,(H,5,6,7);3*2-3H2,1H3,(H,4,5,6);3*1-2H3;1H4. The van der Waals surface area contributed by atoms with E-state index >= 15 is 0 Å². The number of hydrogen-bond acceptors (Lipinski definition) is 12. The van der Waals surface area contributed by atoms with Crippen LogP contribution >= 0.6 is 0 Å². The van der Waals surface area contributed by atoms with Crippen LogP contribution in [0, 0.1) is 23.7 Å². The molecule has 0 radical (unpaired) electrons. The van der Waals surface area contributed by atoms with Crippen molar-refractivity contribution in [3.8, 4) is 0 Å². The second-order valence-corrected chi connectivity index (χ2v) is 18.9. The maximum absolute atomic E-state index is 9.90. The van der Waals surface area contributed by atoms with E-state index in [0.717, 1.165) is 0 Å². The van der Waals surface area contributed by atoms with Gasteiger partial charge in [-0.3, -0.25) is 18.2 Å². The van der Waals surface area contributed by atoms with E-state index in [1.165, 1.54) is 40.5 Å². The van der Waals surface area contributed by atoms with Gasteiger partial charge in [0.25, 0.3) is 40.5 Å². The normalized spacial score (nSPS) is 17.0. The molecule has 3 aromatic carbocycles. The fourth-order valence-electron chi connectivity index (χ4n) is 6.30. The van der Waals surface area contributed by atoms with E-state index in [9.17, 15) is 33.7 Å². The number of rotatable bonds is 13. The zero-order valence-corrected chi connectivity index (χ0v) is 43.2. The molecule has 7 rings (SSSR count). The molecular formula is C46H84O16S4. The smallest absolute Gasteiger partial charge is 0.289 e. The first-order valence-electron chi connectivity index (χ1n) is 21.8. The van der Waals surface area contributed by atoms with Gasteiger partial charge in [0.2, 0.25) is 0 Å². The van der Waals surface area contributed by atoms with Crippen LogP contribution in [0.3, 0.4) is 0 Å². The van der Waals surface area contributed by atoms with Crippen molar-refractivity contribution in [3.05, 3.63) is 97.6 Å². The molecule has 66 heavy (non-hydrogen) atoms.